The quantitative estimate of drug-likeness (QED) is 0.746. The SMILES string of the molecule is CN(C)Cc1ccc(CNC(=O)[C@@H]2CCCN(S(=O)(=O)c3cccs3)C2)cc1. The predicted octanol–water partition coefficient (Wildman–Crippen LogP) is 2.53. The van der Waals surface area contributed by atoms with E-state index in [1.54, 1.807) is 17.5 Å². The third kappa shape index (κ3) is 5.20. The molecule has 1 saturated heterocycles. The molecule has 8 heteroatoms. The average molecular weight is 422 g/mol. The van der Waals surface area contributed by atoms with E-state index in [9.17, 15) is 13.2 Å². The second-order valence-electron chi connectivity index (χ2n) is 7.41. The summed E-state index contributed by atoms with van der Waals surface area (Å²) >= 11 is 1.21. The van der Waals surface area contributed by atoms with E-state index in [0.29, 0.717) is 30.1 Å². The van der Waals surface area contributed by atoms with Gasteiger partial charge in [0.25, 0.3) is 10.0 Å². The molecule has 1 N–H and O–H groups in total. The molecule has 0 spiro atoms. The van der Waals surface area contributed by atoms with Gasteiger partial charge in [0.1, 0.15) is 4.21 Å². The van der Waals surface area contributed by atoms with Gasteiger partial charge in [-0.3, -0.25) is 4.79 Å². The summed E-state index contributed by atoms with van der Waals surface area (Å²) < 4.78 is 27.2. The molecule has 28 heavy (non-hydrogen) atoms. The Morgan fingerprint density at radius 3 is 2.57 bits per heavy atom. The Kier molecular flexibility index (Phi) is 6.87. The highest BCUT2D eigenvalue weighted by molar-refractivity contribution is 7.91. The number of nitrogens with zero attached hydrogens (tertiary/aromatic N) is 2. The van der Waals surface area contributed by atoms with Gasteiger partial charge in [0, 0.05) is 26.2 Å². The van der Waals surface area contributed by atoms with Crippen LogP contribution in [0.5, 0.6) is 0 Å². The van der Waals surface area contributed by atoms with E-state index in [0.717, 1.165) is 12.1 Å². The second-order valence-corrected chi connectivity index (χ2v) is 10.5. The van der Waals surface area contributed by atoms with E-state index in [-0.39, 0.29) is 18.4 Å². The van der Waals surface area contributed by atoms with Gasteiger partial charge >= 0.3 is 0 Å². The Hall–Kier alpha value is -1.74. The smallest absolute Gasteiger partial charge is 0.252 e. The lowest BCUT2D eigenvalue weighted by Gasteiger charge is -2.30. The fraction of sp³-hybridized carbons (Fsp3) is 0.450. The highest BCUT2D eigenvalue weighted by Gasteiger charge is 2.33. The number of nitrogens with one attached hydrogen (secondary N) is 1. The topological polar surface area (TPSA) is 69.7 Å². The summed E-state index contributed by atoms with van der Waals surface area (Å²) in [4.78, 5) is 14.7. The van der Waals surface area contributed by atoms with Crippen LogP contribution in [0.4, 0.5) is 0 Å². The van der Waals surface area contributed by atoms with Crippen LogP contribution in [-0.2, 0) is 27.9 Å². The van der Waals surface area contributed by atoms with E-state index in [4.69, 9.17) is 0 Å². The number of piperidine rings is 1. The van der Waals surface area contributed by atoms with Crippen molar-refractivity contribution >= 4 is 27.3 Å². The standard InChI is InChI=1S/C20H27N3O3S2/c1-22(2)14-17-9-7-16(8-10-17)13-21-20(24)18-5-3-11-23(15-18)28(25,26)19-6-4-12-27-19/h4,6-10,12,18H,3,5,11,13-15H2,1-2H3,(H,21,24)/t18-/m1/s1. The number of rotatable bonds is 7. The largest absolute Gasteiger partial charge is 0.352 e. The molecule has 1 atom stereocenters. The molecule has 1 aliphatic rings. The van der Waals surface area contributed by atoms with Crippen LogP contribution in [0.25, 0.3) is 0 Å². The van der Waals surface area contributed by atoms with Gasteiger partial charge in [0.2, 0.25) is 5.91 Å². The Morgan fingerprint density at radius 1 is 1.21 bits per heavy atom. The number of sulfonamides is 1. The molecule has 6 nitrogen and oxygen atoms in total. The fourth-order valence-corrected chi connectivity index (χ4v) is 6.04. The first-order valence-electron chi connectivity index (χ1n) is 9.40. The van der Waals surface area contributed by atoms with Crippen molar-refractivity contribution in [2.75, 3.05) is 27.2 Å². The molecule has 2 aromatic rings. The minimum Gasteiger partial charge on any atom is -0.352 e. The summed E-state index contributed by atoms with van der Waals surface area (Å²) in [5.74, 6) is -0.389. The van der Waals surface area contributed by atoms with Crippen molar-refractivity contribution in [1.29, 1.82) is 0 Å². The number of benzene rings is 1. The molecule has 3 rings (SSSR count). The summed E-state index contributed by atoms with van der Waals surface area (Å²) in [6, 6.07) is 11.5. The van der Waals surface area contributed by atoms with Crippen molar-refractivity contribution < 1.29 is 13.2 Å². The summed E-state index contributed by atoms with van der Waals surface area (Å²) in [5.41, 5.74) is 2.26. The fourth-order valence-electron chi connectivity index (χ4n) is 3.37. The highest BCUT2D eigenvalue weighted by Crippen LogP contribution is 2.26. The molecule has 0 bridgehead atoms. The predicted molar refractivity (Wildman–Crippen MR) is 111 cm³/mol. The highest BCUT2D eigenvalue weighted by atomic mass is 32.2. The summed E-state index contributed by atoms with van der Waals surface area (Å²) in [7, 11) is 0.557. The van der Waals surface area contributed by atoms with E-state index in [1.807, 2.05) is 26.2 Å². The van der Waals surface area contributed by atoms with Crippen molar-refractivity contribution in [3.63, 3.8) is 0 Å². The van der Waals surface area contributed by atoms with Gasteiger partial charge in [-0.25, -0.2) is 8.42 Å². The minimum absolute atomic E-state index is 0.0801. The zero-order valence-corrected chi connectivity index (χ0v) is 17.9. The van der Waals surface area contributed by atoms with Gasteiger partial charge in [-0.15, -0.1) is 11.3 Å². The molecule has 2 heterocycles. The molecule has 1 fully saturated rings. The maximum Gasteiger partial charge on any atom is 0.252 e. The lowest BCUT2D eigenvalue weighted by atomic mass is 9.98. The van der Waals surface area contributed by atoms with Crippen LogP contribution >= 0.6 is 11.3 Å². The van der Waals surface area contributed by atoms with Gasteiger partial charge in [-0.1, -0.05) is 30.3 Å². The number of hydrogen-bond donors (Lipinski definition) is 1. The Labute approximate surface area is 171 Å². The van der Waals surface area contributed by atoms with E-state index in [1.165, 1.54) is 21.2 Å². The number of amides is 1. The maximum atomic E-state index is 12.7. The normalized spacial score (nSPS) is 18.3. The molecule has 0 saturated carbocycles. The minimum atomic E-state index is -3.50. The van der Waals surface area contributed by atoms with Crippen molar-refractivity contribution in [3.05, 3.63) is 52.9 Å². The van der Waals surface area contributed by atoms with E-state index in [2.05, 4.69) is 22.3 Å². The van der Waals surface area contributed by atoms with Crippen LogP contribution in [-0.4, -0.2) is 50.7 Å². The molecule has 0 aliphatic carbocycles. The van der Waals surface area contributed by atoms with Crippen molar-refractivity contribution in [3.8, 4) is 0 Å². The Bertz CT molecular complexity index is 878. The second kappa shape index (κ2) is 9.17. The lowest BCUT2D eigenvalue weighted by molar-refractivity contribution is -0.126. The third-order valence-corrected chi connectivity index (χ3v) is 8.07. The Balaban J connectivity index is 1.56. The zero-order chi connectivity index (χ0) is 20.1. The maximum absolute atomic E-state index is 12.7. The number of thiophene rings is 1. The molecule has 0 radical (unpaired) electrons. The van der Waals surface area contributed by atoms with Crippen LogP contribution in [0.1, 0.15) is 24.0 Å². The number of carbonyl (C=O) groups excluding carboxylic acids is 1. The zero-order valence-electron chi connectivity index (χ0n) is 16.3. The molecule has 1 aromatic heterocycles. The van der Waals surface area contributed by atoms with Crippen LogP contribution < -0.4 is 5.32 Å². The first-order chi connectivity index (χ1) is 13.4. The molecular weight excluding hydrogens is 394 g/mol. The van der Waals surface area contributed by atoms with Crippen LogP contribution in [0.3, 0.4) is 0 Å². The number of hydrogen-bond acceptors (Lipinski definition) is 5. The van der Waals surface area contributed by atoms with Gasteiger partial charge in [0.15, 0.2) is 0 Å². The van der Waals surface area contributed by atoms with Crippen molar-refractivity contribution in [2.24, 2.45) is 5.92 Å². The monoisotopic (exact) mass is 421 g/mol. The van der Waals surface area contributed by atoms with Gasteiger partial charge in [-0.2, -0.15) is 4.31 Å². The van der Waals surface area contributed by atoms with Crippen molar-refractivity contribution in [2.45, 2.75) is 30.1 Å². The van der Waals surface area contributed by atoms with Crippen LogP contribution in [0.15, 0.2) is 46.0 Å². The first kappa shape index (κ1) is 21.0. The Morgan fingerprint density at radius 2 is 1.93 bits per heavy atom. The molecular formula is C20H27N3O3S2. The van der Waals surface area contributed by atoms with Gasteiger partial charge in [-0.05, 0) is 49.5 Å². The average Bonchev–Trinajstić information content (AvgIpc) is 3.22. The lowest BCUT2D eigenvalue weighted by Crippen LogP contribution is -2.45. The van der Waals surface area contributed by atoms with Crippen LogP contribution in [0.2, 0.25) is 0 Å². The molecule has 0 unspecified atom stereocenters. The van der Waals surface area contributed by atoms with Gasteiger partial charge in [0.05, 0.1) is 5.92 Å². The third-order valence-electron chi connectivity index (χ3n) is 4.83. The summed E-state index contributed by atoms with van der Waals surface area (Å²) in [6.07, 6.45) is 1.41. The van der Waals surface area contributed by atoms with E-state index < -0.39 is 10.0 Å². The number of carbonyl (C=O) groups is 1. The van der Waals surface area contributed by atoms with Crippen LogP contribution in [0, 0.1) is 5.92 Å². The molecule has 1 amide bonds. The van der Waals surface area contributed by atoms with Gasteiger partial charge < -0.3 is 10.2 Å². The van der Waals surface area contributed by atoms with E-state index >= 15 is 0 Å². The molecule has 1 aromatic carbocycles. The van der Waals surface area contributed by atoms with Crippen molar-refractivity contribution in [1.82, 2.24) is 14.5 Å². The molecule has 1 aliphatic heterocycles. The first-order valence-corrected chi connectivity index (χ1v) is 11.7. The molecule has 152 valence electrons. The summed E-state index contributed by atoms with van der Waals surface area (Å²) in [6.45, 7) is 2.05. The summed E-state index contributed by atoms with van der Waals surface area (Å²) in [5, 5.41) is 4.72.